The van der Waals surface area contributed by atoms with Crippen LogP contribution in [0.15, 0.2) is 16.6 Å². The molecule has 1 aromatic rings. The van der Waals surface area contributed by atoms with Gasteiger partial charge in [-0.2, -0.15) is 0 Å². The summed E-state index contributed by atoms with van der Waals surface area (Å²) in [5, 5.41) is 8.61. The molecule has 1 aliphatic heterocycles. The van der Waals surface area contributed by atoms with Crippen molar-refractivity contribution in [3.8, 4) is 0 Å². The minimum atomic E-state index is -0.130. The van der Waals surface area contributed by atoms with Crippen molar-refractivity contribution < 1.29 is 14.2 Å². The van der Waals surface area contributed by atoms with Gasteiger partial charge < -0.3 is 9.84 Å². The number of rotatable bonds is 5. The van der Waals surface area contributed by atoms with Gasteiger partial charge >= 0.3 is 0 Å². The van der Waals surface area contributed by atoms with Crippen LogP contribution in [0, 0.1) is 5.82 Å². The second kappa shape index (κ2) is 6.61. The van der Waals surface area contributed by atoms with Gasteiger partial charge in [0.25, 0.3) is 0 Å². The summed E-state index contributed by atoms with van der Waals surface area (Å²) in [6.07, 6.45) is 0.855. The van der Waals surface area contributed by atoms with E-state index in [0.717, 1.165) is 35.1 Å². The van der Waals surface area contributed by atoms with Crippen molar-refractivity contribution in [3.63, 3.8) is 0 Å². The highest BCUT2D eigenvalue weighted by atomic mass is 79.9. The van der Waals surface area contributed by atoms with Crippen LogP contribution in [0.5, 0.6) is 0 Å². The molecule has 3 nitrogen and oxygen atoms in total. The summed E-state index contributed by atoms with van der Waals surface area (Å²) >= 11 is 3.47. The van der Waals surface area contributed by atoms with Gasteiger partial charge in [-0.25, -0.2) is 4.39 Å². The molecule has 0 amide bonds. The summed E-state index contributed by atoms with van der Waals surface area (Å²) in [5.74, 6) is -0.130. The Bertz CT molecular complexity index is 414. The molecular weight excluding hydrogens is 301 g/mol. The van der Waals surface area contributed by atoms with Gasteiger partial charge in [0.2, 0.25) is 0 Å². The van der Waals surface area contributed by atoms with E-state index >= 15 is 0 Å². The first-order chi connectivity index (χ1) is 8.72. The van der Waals surface area contributed by atoms with Crippen LogP contribution in [0.2, 0.25) is 0 Å². The number of ether oxygens (including phenoxy) is 1. The van der Waals surface area contributed by atoms with Crippen molar-refractivity contribution in [3.05, 3.63) is 33.5 Å². The fraction of sp³-hybridized carbons (Fsp3) is 0.538. The van der Waals surface area contributed by atoms with Crippen LogP contribution in [0.1, 0.15) is 11.1 Å². The maximum absolute atomic E-state index is 13.8. The number of aliphatic hydroxyl groups excluding tert-OH is 1. The van der Waals surface area contributed by atoms with Crippen LogP contribution in [0.4, 0.5) is 4.39 Å². The molecule has 0 spiro atoms. The van der Waals surface area contributed by atoms with E-state index in [2.05, 4.69) is 20.8 Å². The molecule has 0 aliphatic carbocycles. The Labute approximate surface area is 115 Å². The van der Waals surface area contributed by atoms with Gasteiger partial charge in [0.15, 0.2) is 0 Å². The van der Waals surface area contributed by atoms with E-state index in [1.54, 1.807) is 6.07 Å². The van der Waals surface area contributed by atoms with E-state index in [1.165, 1.54) is 6.07 Å². The van der Waals surface area contributed by atoms with Gasteiger partial charge in [0, 0.05) is 29.7 Å². The predicted molar refractivity (Wildman–Crippen MR) is 71.0 cm³/mol. The number of fused-ring (bicyclic) bond motifs is 1. The van der Waals surface area contributed by atoms with Gasteiger partial charge in [0.05, 0.1) is 19.8 Å². The number of hydrogen-bond donors (Lipinski definition) is 1. The van der Waals surface area contributed by atoms with Gasteiger partial charge in [-0.15, -0.1) is 0 Å². The SMILES string of the molecule is OCCOCCN1CCc2c(Br)ccc(F)c2C1. The number of aliphatic hydroxyl groups is 1. The van der Waals surface area contributed by atoms with Gasteiger partial charge in [-0.1, -0.05) is 15.9 Å². The molecule has 100 valence electrons. The van der Waals surface area contributed by atoms with E-state index in [4.69, 9.17) is 9.84 Å². The molecule has 0 bridgehead atoms. The lowest BCUT2D eigenvalue weighted by Gasteiger charge is -2.29. The Morgan fingerprint density at radius 2 is 2.17 bits per heavy atom. The van der Waals surface area contributed by atoms with E-state index in [-0.39, 0.29) is 12.4 Å². The summed E-state index contributed by atoms with van der Waals surface area (Å²) in [4.78, 5) is 2.18. The van der Waals surface area contributed by atoms with E-state index in [0.29, 0.717) is 19.8 Å². The first-order valence-electron chi connectivity index (χ1n) is 6.09. The summed E-state index contributed by atoms with van der Waals surface area (Å²) in [5.41, 5.74) is 1.88. The number of hydrogen-bond acceptors (Lipinski definition) is 3. The fourth-order valence-corrected chi connectivity index (χ4v) is 2.77. The topological polar surface area (TPSA) is 32.7 Å². The largest absolute Gasteiger partial charge is 0.394 e. The molecule has 5 heteroatoms. The first-order valence-corrected chi connectivity index (χ1v) is 6.88. The summed E-state index contributed by atoms with van der Waals surface area (Å²) in [6.45, 7) is 3.30. The maximum atomic E-state index is 13.8. The molecule has 0 unspecified atom stereocenters. The zero-order chi connectivity index (χ0) is 13.0. The average Bonchev–Trinajstić information content (AvgIpc) is 2.39. The third-order valence-electron chi connectivity index (χ3n) is 3.16. The third-order valence-corrected chi connectivity index (χ3v) is 3.91. The molecule has 0 fully saturated rings. The third kappa shape index (κ3) is 3.29. The highest BCUT2D eigenvalue weighted by Gasteiger charge is 2.20. The van der Waals surface area contributed by atoms with Crippen molar-refractivity contribution in [2.24, 2.45) is 0 Å². The van der Waals surface area contributed by atoms with E-state index in [9.17, 15) is 4.39 Å². The zero-order valence-corrected chi connectivity index (χ0v) is 11.7. The van der Waals surface area contributed by atoms with Crippen LogP contribution in [-0.4, -0.2) is 42.9 Å². The Hall–Kier alpha value is -0.490. The molecule has 0 saturated carbocycles. The molecule has 1 heterocycles. The summed E-state index contributed by atoms with van der Waals surface area (Å²) in [6, 6.07) is 3.28. The smallest absolute Gasteiger partial charge is 0.128 e. The standard InChI is InChI=1S/C13H17BrFNO2/c14-12-1-2-13(15)11-9-16(4-3-10(11)12)5-7-18-8-6-17/h1-2,17H,3-9H2. The lowest BCUT2D eigenvalue weighted by Crippen LogP contribution is -2.34. The van der Waals surface area contributed by atoms with Crippen molar-refractivity contribution in [1.29, 1.82) is 0 Å². The number of benzene rings is 1. The highest BCUT2D eigenvalue weighted by Crippen LogP contribution is 2.28. The van der Waals surface area contributed by atoms with Crippen LogP contribution in [-0.2, 0) is 17.7 Å². The quantitative estimate of drug-likeness (QED) is 0.843. The van der Waals surface area contributed by atoms with Crippen LogP contribution in [0.3, 0.4) is 0 Å². The zero-order valence-electron chi connectivity index (χ0n) is 10.2. The molecule has 0 saturated heterocycles. The average molecular weight is 318 g/mol. The molecular formula is C13H17BrFNO2. The minimum absolute atomic E-state index is 0.0460. The molecule has 1 N–H and O–H groups in total. The molecule has 0 radical (unpaired) electrons. The Morgan fingerprint density at radius 3 is 2.94 bits per heavy atom. The molecule has 1 aromatic carbocycles. The molecule has 0 aromatic heterocycles. The van der Waals surface area contributed by atoms with Gasteiger partial charge in [-0.05, 0) is 24.1 Å². The molecule has 18 heavy (non-hydrogen) atoms. The monoisotopic (exact) mass is 317 g/mol. The number of nitrogens with zero attached hydrogens (tertiary/aromatic N) is 1. The van der Waals surface area contributed by atoms with Crippen LogP contribution in [0.25, 0.3) is 0 Å². The van der Waals surface area contributed by atoms with Crippen molar-refractivity contribution in [1.82, 2.24) is 4.90 Å². The first kappa shape index (κ1) is 13.9. The predicted octanol–water partition coefficient (Wildman–Crippen LogP) is 1.96. The Kier molecular flexibility index (Phi) is 5.12. The highest BCUT2D eigenvalue weighted by molar-refractivity contribution is 9.10. The summed E-state index contributed by atoms with van der Waals surface area (Å²) in [7, 11) is 0. The van der Waals surface area contributed by atoms with Gasteiger partial charge in [-0.3, -0.25) is 4.90 Å². The lowest BCUT2D eigenvalue weighted by atomic mass is 9.99. The Morgan fingerprint density at radius 1 is 1.33 bits per heavy atom. The minimum Gasteiger partial charge on any atom is -0.394 e. The Balaban J connectivity index is 1.95. The van der Waals surface area contributed by atoms with Crippen LogP contribution >= 0.6 is 15.9 Å². The fourth-order valence-electron chi connectivity index (χ4n) is 2.20. The maximum Gasteiger partial charge on any atom is 0.128 e. The lowest BCUT2D eigenvalue weighted by molar-refractivity contribution is 0.0705. The second-order valence-corrected chi connectivity index (χ2v) is 5.20. The van der Waals surface area contributed by atoms with E-state index < -0.39 is 0 Å². The summed E-state index contributed by atoms with van der Waals surface area (Å²) < 4.78 is 20.0. The normalized spacial score (nSPS) is 15.7. The number of halogens is 2. The van der Waals surface area contributed by atoms with Crippen molar-refractivity contribution >= 4 is 15.9 Å². The molecule has 2 rings (SSSR count). The van der Waals surface area contributed by atoms with E-state index in [1.807, 2.05) is 0 Å². The molecule has 0 atom stereocenters. The van der Waals surface area contributed by atoms with Crippen LogP contribution < -0.4 is 0 Å². The second-order valence-electron chi connectivity index (χ2n) is 4.35. The van der Waals surface area contributed by atoms with Gasteiger partial charge in [0.1, 0.15) is 5.82 Å². The van der Waals surface area contributed by atoms with Crippen molar-refractivity contribution in [2.75, 3.05) is 32.9 Å². The molecule has 1 aliphatic rings. The van der Waals surface area contributed by atoms with Crippen molar-refractivity contribution in [2.45, 2.75) is 13.0 Å².